The number of carbonyl (C=O) groups is 2. The molecule has 5 rings (SSSR count). The molecule has 9 heteroatoms. The SMILES string of the molecule is CS(=O)CC(C)(O)C1OC(=O)C=C2C3(C)CCC(O)C4(C)C(=O)OC(C34)C3OC231. The van der Waals surface area contributed by atoms with Gasteiger partial charge in [-0.15, -0.1) is 0 Å². The average Bonchev–Trinajstić information content (AvgIpc) is 3.26. The average molecular weight is 426 g/mol. The third kappa shape index (κ3) is 2.17. The van der Waals surface area contributed by atoms with E-state index in [4.69, 9.17) is 14.2 Å². The number of aliphatic hydroxyl groups excluding tert-OH is 1. The molecule has 8 nitrogen and oxygen atoms in total. The van der Waals surface area contributed by atoms with Crippen molar-refractivity contribution < 1.29 is 38.2 Å². The summed E-state index contributed by atoms with van der Waals surface area (Å²) in [5, 5.41) is 21.8. The Kier molecular flexibility index (Phi) is 3.72. The minimum Gasteiger partial charge on any atom is -0.459 e. The predicted octanol–water partition coefficient (Wildman–Crippen LogP) is -0.172. The molecular formula is C20H26O8S. The van der Waals surface area contributed by atoms with Crippen LogP contribution in [0.1, 0.15) is 33.6 Å². The van der Waals surface area contributed by atoms with Gasteiger partial charge in [-0.1, -0.05) is 6.92 Å². The second kappa shape index (κ2) is 5.49. The van der Waals surface area contributed by atoms with Gasteiger partial charge in [0.1, 0.15) is 17.8 Å². The number of ether oxygens (including phenoxy) is 3. The van der Waals surface area contributed by atoms with Crippen LogP contribution >= 0.6 is 0 Å². The van der Waals surface area contributed by atoms with E-state index in [1.54, 1.807) is 6.92 Å². The number of epoxide rings is 1. The van der Waals surface area contributed by atoms with Crippen LogP contribution < -0.4 is 0 Å². The quantitative estimate of drug-likeness (QED) is 0.471. The topological polar surface area (TPSA) is 123 Å². The second-order valence-corrected chi connectivity index (χ2v) is 11.3. The maximum atomic E-state index is 12.8. The lowest BCUT2D eigenvalue weighted by molar-refractivity contribution is -0.170. The molecule has 10 atom stereocenters. The minimum atomic E-state index is -1.59. The van der Waals surface area contributed by atoms with Gasteiger partial charge < -0.3 is 24.4 Å². The zero-order valence-electron chi connectivity index (χ0n) is 16.8. The Bertz CT molecular complexity index is 882. The summed E-state index contributed by atoms with van der Waals surface area (Å²) < 4.78 is 29.3. The number of aliphatic hydroxyl groups is 2. The maximum absolute atomic E-state index is 12.8. The van der Waals surface area contributed by atoms with Gasteiger partial charge in [0, 0.05) is 29.0 Å². The number of cyclic esters (lactones) is 1. The van der Waals surface area contributed by atoms with Crippen LogP contribution in [0.15, 0.2) is 11.6 Å². The van der Waals surface area contributed by atoms with Crippen LogP contribution in [0.5, 0.6) is 0 Å². The summed E-state index contributed by atoms with van der Waals surface area (Å²) in [4.78, 5) is 25.4. The van der Waals surface area contributed by atoms with Gasteiger partial charge in [0.15, 0.2) is 11.7 Å². The van der Waals surface area contributed by atoms with E-state index in [2.05, 4.69) is 0 Å². The number of fused-ring (bicyclic) bond motifs is 2. The van der Waals surface area contributed by atoms with Gasteiger partial charge in [-0.3, -0.25) is 9.00 Å². The molecule has 5 aliphatic rings. The van der Waals surface area contributed by atoms with Gasteiger partial charge in [0.25, 0.3) is 0 Å². The molecule has 0 aromatic carbocycles. The van der Waals surface area contributed by atoms with E-state index in [-0.39, 0.29) is 11.7 Å². The molecule has 1 spiro atoms. The van der Waals surface area contributed by atoms with E-state index in [0.717, 1.165) is 0 Å². The monoisotopic (exact) mass is 426 g/mol. The van der Waals surface area contributed by atoms with Crippen molar-refractivity contribution in [3.05, 3.63) is 11.6 Å². The van der Waals surface area contributed by atoms with Crippen LogP contribution in [0.4, 0.5) is 0 Å². The van der Waals surface area contributed by atoms with Crippen LogP contribution in [0.25, 0.3) is 0 Å². The van der Waals surface area contributed by atoms with Crippen molar-refractivity contribution in [3.63, 3.8) is 0 Å². The molecule has 0 aromatic rings. The van der Waals surface area contributed by atoms with Crippen LogP contribution in [-0.4, -0.2) is 74.0 Å². The molecule has 2 saturated carbocycles. The zero-order chi connectivity index (χ0) is 21.1. The van der Waals surface area contributed by atoms with Gasteiger partial charge in [-0.25, -0.2) is 4.79 Å². The Balaban J connectivity index is 1.67. The first-order valence-electron chi connectivity index (χ1n) is 9.91. The normalized spacial score (nSPS) is 52.8. The Morgan fingerprint density at radius 2 is 2.00 bits per heavy atom. The summed E-state index contributed by atoms with van der Waals surface area (Å²) in [6.07, 6.45) is 0.750. The molecule has 2 aliphatic carbocycles. The number of hydrogen-bond acceptors (Lipinski definition) is 8. The van der Waals surface area contributed by atoms with Gasteiger partial charge in [0.2, 0.25) is 0 Å². The Morgan fingerprint density at radius 3 is 2.66 bits per heavy atom. The van der Waals surface area contributed by atoms with E-state index < -0.39 is 69.2 Å². The van der Waals surface area contributed by atoms with Crippen molar-refractivity contribution in [3.8, 4) is 0 Å². The lowest BCUT2D eigenvalue weighted by Crippen LogP contribution is -2.66. The number of esters is 2. The van der Waals surface area contributed by atoms with E-state index in [1.165, 1.54) is 19.3 Å². The predicted molar refractivity (Wildman–Crippen MR) is 99.9 cm³/mol. The van der Waals surface area contributed by atoms with E-state index in [0.29, 0.717) is 18.4 Å². The van der Waals surface area contributed by atoms with Crippen LogP contribution in [0, 0.1) is 16.7 Å². The van der Waals surface area contributed by atoms with E-state index >= 15 is 0 Å². The maximum Gasteiger partial charge on any atom is 0.331 e. The minimum absolute atomic E-state index is 0.0862. The van der Waals surface area contributed by atoms with E-state index in [9.17, 15) is 24.0 Å². The van der Waals surface area contributed by atoms with Gasteiger partial charge in [-0.05, 0) is 37.7 Å². The molecule has 4 fully saturated rings. The molecule has 3 aliphatic heterocycles. The molecule has 3 heterocycles. The summed E-state index contributed by atoms with van der Waals surface area (Å²) in [6.45, 7) is 5.20. The number of rotatable bonds is 3. The second-order valence-electron chi connectivity index (χ2n) is 9.88. The van der Waals surface area contributed by atoms with Crippen molar-refractivity contribution in [1.29, 1.82) is 0 Å². The van der Waals surface area contributed by atoms with Crippen LogP contribution in [0.3, 0.4) is 0 Å². The molecule has 2 saturated heterocycles. The molecule has 29 heavy (non-hydrogen) atoms. The van der Waals surface area contributed by atoms with Crippen molar-refractivity contribution in [2.24, 2.45) is 16.7 Å². The van der Waals surface area contributed by atoms with Gasteiger partial charge in [0.05, 0.1) is 17.3 Å². The Labute approximate surface area is 171 Å². The van der Waals surface area contributed by atoms with Crippen molar-refractivity contribution in [2.75, 3.05) is 12.0 Å². The first-order valence-corrected chi connectivity index (χ1v) is 11.6. The van der Waals surface area contributed by atoms with Gasteiger partial charge in [-0.2, -0.15) is 0 Å². The lowest BCUT2D eigenvalue weighted by atomic mass is 9.46. The van der Waals surface area contributed by atoms with Crippen LogP contribution in [0.2, 0.25) is 0 Å². The van der Waals surface area contributed by atoms with Crippen molar-refractivity contribution in [2.45, 2.75) is 69.2 Å². The highest BCUT2D eigenvalue weighted by atomic mass is 32.2. The molecule has 0 aromatic heterocycles. The Morgan fingerprint density at radius 1 is 1.31 bits per heavy atom. The fraction of sp³-hybridized carbons (Fsp3) is 0.800. The fourth-order valence-electron chi connectivity index (χ4n) is 6.80. The standard InChI is InChI=1S/C20H26O8S/c1-17-6-5-10(21)19(3)13(17)12(27-16(19)23)14-20(28-14)9(17)7-11(22)26-15(20)18(2,24)8-29(4)25/h7,10,12-15,21,24H,5-6,8H2,1-4H3. The summed E-state index contributed by atoms with van der Waals surface area (Å²) >= 11 is 0. The van der Waals surface area contributed by atoms with Crippen molar-refractivity contribution in [1.82, 2.24) is 0 Å². The zero-order valence-corrected chi connectivity index (χ0v) is 17.7. The first-order chi connectivity index (χ1) is 13.4. The lowest BCUT2D eigenvalue weighted by Gasteiger charge is -2.56. The molecule has 0 bridgehead atoms. The third-order valence-corrected chi connectivity index (χ3v) is 8.93. The summed E-state index contributed by atoms with van der Waals surface area (Å²) in [7, 11) is -1.33. The molecule has 160 valence electrons. The molecule has 0 amide bonds. The largest absolute Gasteiger partial charge is 0.459 e. The summed E-state index contributed by atoms with van der Waals surface area (Å²) in [5.74, 6) is -1.49. The smallest absolute Gasteiger partial charge is 0.331 e. The highest BCUT2D eigenvalue weighted by Gasteiger charge is 2.85. The van der Waals surface area contributed by atoms with Crippen LogP contribution in [-0.2, 0) is 34.6 Å². The molecular weight excluding hydrogens is 400 g/mol. The number of hydrogen-bond donors (Lipinski definition) is 2. The molecule has 2 N–H and O–H groups in total. The van der Waals surface area contributed by atoms with E-state index in [1.807, 2.05) is 6.92 Å². The highest BCUT2D eigenvalue weighted by Crippen LogP contribution is 2.73. The number of carbonyl (C=O) groups excluding carboxylic acids is 2. The summed E-state index contributed by atoms with van der Waals surface area (Å²) in [6, 6.07) is 0. The Hall–Kier alpha value is -1.29. The third-order valence-electron chi connectivity index (χ3n) is 7.94. The molecule has 10 unspecified atom stereocenters. The van der Waals surface area contributed by atoms with Gasteiger partial charge >= 0.3 is 11.9 Å². The fourth-order valence-corrected chi connectivity index (χ4v) is 7.77. The highest BCUT2D eigenvalue weighted by molar-refractivity contribution is 7.84. The summed E-state index contributed by atoms with van der Waals surface area (Å²) in [5.41, 5.74) is -3.73. The van der Waals surface area contributed by atoms with Crippen molar-refractivity contribution >= 4 is 22.7 Å². The molecule has 0 radical (unpaired) electrons. The first kappa shape index (κ1) is 19.7.